The minimum absolute atomic E-state index is 0.0794. The van der Waals surface area contributed by atoms with Crippen LogP contribution < -0.4 is 10.6 Å². The van der Waals surface area contributed by atoms with Crippen molar-refractivity contribution in [2.24, 2.45) is 0 Å². The van der Waals surface area contributed by atoms with Crippen molar-refractivity contribution in [1.29, 1.82) is 0 Å². The maximum absolute atomic E-state index is 13.1. The van der Waals surface area contributed by atoms with Gasteiger partial charge in [-0.2, -0.15) is 13.4 Å². The van der Waals surface area contributed by atoms with Crippen molar-refractivity contribution in [1.82, 2.24) is 14.2 Å². The molecule has 0 unspecified atom stereocenters. The van der Waals surface area contributed by atoms with Gasteiger partial charge in [0.1, 0.15) is 0 Å². The fourth-order valence-corrected chi connectivity index (χ4v) is 5.13. The second-order valence-electron chi connectivity index (χ2n) is 5.93. The van der Waals surface area contributed by atoms with Crippen LogP contribution in [-0.2, 0) is 23.1 Å². The molecule has 0 bridgehead atoms. The van der Waals surface area contributed by atoms with E-state index in [1.165, 1.54) is 24.3 Å². The van der Waals surface area contributed by atoms with E-state index in [1.807, 2.05) is 35.0 Å². The Morgan fingerprint density at radius 2 is 1.55 bits per heavy atom. The SMILES string of the molecule is O=S(=O)(c1ccc(Cl)cc1)n1nc(NCc2cccs2)nc1NCc1cccs1. The highest BCUT2D eigenvalue weighted by Crippen LogP contribution is 2.22. The van der Waals surface area contributed by atoms with Crippen LogP contribution in [0.15, 0.2) is 64.2 Å². The first-order valence-corrected chi connectivity index (χ1v) is 12.1. The number of nitrogens with one attached hydrogen (secondary N) is 2. The van der Waals surface area contributed by atoms with E-state index >= 15 is 0 Å². The molecule has 0 aliphatic carbocycles. The highest BCUT2D eigenvalue weighted by Gasteiger charge is 2.24. The Balaban J connectivity index is 1.64. The largest absolute Gasteiger partial charge is 0.349 e. The summed E-state index contributed by atoms with van der Waals surface area (Å²) >= 11 is 9.06. The van der Waals surface area contributed by atoms with E-state index in [-0.39, 0.29) is 16.8 Å². The second kappa shape index (κ2) is 8.54. The first-order chi connectivity index (χ1) is 14.0. The van der Waals surface area contributed by atoms with Crippen LogP contribution in [0.5, 0.6) is 0 Å². The number of rotatable bonds is 8. The standard InChI is InChI=1S/C18H16ClN5O2S3/c19-13-5-7-16(8-6-13)29(25,26)24-18(21-12-15-4-2-10-28-15)22-17(23-24)20-11-14-3-1-9-27-14/h1-10H,11-12H2,(H2,20,21,22,23). The predicted molar refractivity (Wildman–Crippen MR) is 117 cm³/mol. The summed E-state index contributed by atoms with van der Waals surface area (Å²) < 4.78 is 27.2. The first-order valence-electron chi connectivity index (χ1n) is 8.53. The number of halogens is 1. The third-order valence-electron chi connectivity index (χ3n) is 3.92. The fraction of sp³-hybridized carbons (Fsp3) is 0.111. The lowest BCUT2D eigenvalue weighted by atomic mass is 10.4. The molecule has 0 aliphatic rings. The molecule has 0 spiro atoms. The zero-order chi connectivity index (χ0) is 20.3. The molecule has 3 aromatic heterocycles. The van der Waals surface area contributed by atoms with Crippen LogP contribution in [0.3, 0.4) is 0 Å². The lowest BCUT2D eigenvalue weighted by Gasteiger charge is -2.08. The number of hydrogen-bond acceptors (Lipinski definition) is 8. The van der Waals surface area contributed by atoms with Gasteiger partial charge in [0.2, 0.25) is 11.9 Å². The Labute approximate surface area is 181 Å². The van der Waals surface area contributed by atoms with Gasteiger partial charge in [-0.05, 0) is 47.2 Å². The summed E-state index contributed by atoms with van der Waals surface area (Å²) in [4.78, 5) is 6.58. The smallest absolute Gasteiger partial charge is 0.286 e. The Hall–Kier alpha value is -2.40. The van der Waals surface area contributed by atoms with Crippen molar-refractivity contribution in [2.45, 2.75) is 18.0 Å². The molecule has 3 heterocycles. The molecule has 0 fully saturated rings. The average molecular weight is 466 g/mol. The zero-order valence-corrected chi connectivity index (χ0v) is 18.2. The summed E-state index contributed by atoms with van der Waals surface area (Å²) in [5.74, 6) is 0.367. The average Bonchev–Trinajstić information content (AvgIpc) is 3.47. The predicted octanol–water partition coefficient (Wildman–Crippen LogP) is 4.52. The Morgan fingerprint density at radius 1 is 0.931 bits per heavy atom. The third-order valence-corrected chi connectivity index (χ3v) is 7.50. The van der Waals surface area contributed by atoms with Gasteiger partial charge < -0.3 is 10.6 Å². The topological polar surface area (TPSA) is 88.9 Å². The monoisotopic (exact) mass is 465 g/mol. The molecular formula is C18H16ClN5O2S3. The van der Waals surface area contributed by atoms with Crippen molar-refractivity contribution in [2.75, 3.05) is 10.6 Å². The van der Waals surface area contributed by atoms with Gasteiger partial charge in [-0.1, -0.05) is 23.7 Å². The number of benzene rings is 1. The molecule has 0 atom stereocenters. The molecule has 1 aromatic carbocycles. The van der Waals surface area contributed by atoms with Crippen LogP contribution in [0.25, 0.3) is 0 Å². The van der Waals surface area contributed by atoms with Gasteiger partial charge in [0, 0.05) is 14.8 Å². The van der Waals surface area contributed by atoms with E-state index in [1.54, 1.807) is 22.7 Å². The number of aromatic nitrogens is 3. The van der Waals surface area contributed by atoms with Crippen LogP contribution in [0, 0.1) is 0 Å². The molecule has 4 aromatic rings. The minimum atomic E-state index is -3.94. The van der Waals surface area contributed by atoms with Crippen LogP contribution in [0.2, 0.25) is 5.02 Å². The third kappa shape index (κ3) is 4.61. The van der Waals surface area contributed by atoms with Gasteiger partial charge in [0.15, 0.2) is 0 Å². The lowest BCUT2D eigenvalue weighted by Crippen LogP contribution is -2.18. The molecule has 0 amide bonds. The molecule has 0 saturated carbocycles. The van der Waals surface area contributed by atoms with Gasteiger partial charge in [0.05, 0.1) is 18.0 Å². The van der Waals surface area contributed by atoms with Gasteiger partial charge in [-0.3, -0.25) is 0 Å². The highest BCUT2D eigenvalue weighted by atomic mass is 35.5. The molecule has 4 rings (SSSR count). The van der Waals surface area contributed by atoms with E-state index in [9.17, 15) is 8.42 Å². The van der Waals surface area contributed by atoms with E-state index in [0.717, 1.165) is 13.8 Å². The normalized spacial score (nSPS) is 11.5. The van der Waals surface area contributed by atoms with Gasteiger partial charge in [0.25, 0.3) is 10.0 Å². The van der Waals surface area contributed by atoms with E-state index in [0.29, 0.717) is 18.1 Å². The maximum Gasteiger partial charge on any atom is 0.286 e. The van der Waals surface area contributed by atoms with Gasteiger partial charge in [-0.15, -0.1) is 31.9 Å². The minimum Gasteiger partial charge on any atom is -0.349 e. The summed E-state index contributed by atoms with van der Waals surface area (Å²) in [6.45, 7) is 0.948. The van der Waals surface area contributed by atoms with E-state index < -0.39 is 10.0 Å². The molecule has 150 valence electrons. The number of thiophene rings is 2. The molecule has 29 heavy (non-hydrogen) atoms. The molecule has 0 saturated heterocycles. The van der Waals surface area contributed by atoms with Gasteiger partial charge in [-0.25, -0.2) is 0 Å². The molecule has 7 nitrogen and oxygen atoms in total. The molecule has 0 radical (unpaired) electrons. The zero-order valence-electron chi connectivity index (χ0n) is 14.9. The van der Waals surface area contributed by atoms with Crippen LogP contribution in [0.4, 0.5) is 11.9 Å². The molecular weight excluding hydrogens is 450 g/mol. The Morgan fingerprint density at radius 3 is 2.14 bits per heavy atom. The fourth-order valence-electron chi connectivity index (χ4n) is 2.51. The molecule has 11 heteroatoms. The number of nitrogens with zero attached hydrogens (tertiary/aromatic N) is 3. The van der Waals surface area contributed by atoms with Crippen molar-refractivity contribution in [3.8, 4) is 0 Å². The summed E-state index contributed by atoms with van der Waals surface area (Å²) in [5.41, 5.74) is 0. The first kappa shape index (κ1) is 19.9. The van der Waals surface area contributed by atoms with Crippen molar-refractivity contribution in [3.63, 3.8) is 0 Å². The van der Waals surface area contributed by atoms with Gasteiger partial charge >= 0.3 is 0 Å². The maximum atomic E-state index is 13.1. The number of hydrogen-bond donors (Lipinski definition) is 2. The van der Waals surface area contributed by atoms with E-state index in [4.69, 9.17) is 11.6 Å². The van der Waals surface area contributed by atoms with Crippen LogP contribution in [-0.4, -0.2) is 22.6 Å². The quantitative estimate of drug-likeness (QED) is 0.398. The summed E-state index contributed by atoms with van der Waals surface area (Å²) in [6, 6.07) is 13.8. The summed E-state index contributed by atoms with van der Waals surface area (Å²) in [6.07, 6.45) is 0. The van der Waals surface area contributed by atoms with Crippen molar-refractivity contribution >= 4 is 56.2 Å². The molecule has 2 N–H and O–H groups in total. The number of anilines is 2. The summed E-state index contributed by atoms with van der Waals surface area (Å²) in [7, 11) is -3.94. The second-order valence-corrected chi connectivity index (χ2v) is 10.2. The van der Waals surface area contributed by atoms with Crippen molar-refractivity contribution < 1.29 is 8.42 Å². The Bertz CT molecular complexity index is 1170. The van der Waals surface area contributed by atoms with Crippen LogP contribution >= 0.6 is 34.3 Å². The molecule has 0 aliphatic heterocycles. The Kier molecular flexibility index (Phi) is 5.86. The van der Waals surface area contributed by atoms with E-state index in [2.05, 4.69) is 20.7 Å². The highest BCUT2D eigenvalue weighted by molar-refractivity contribution is 7.90. The summed E-state index contributed by atoms with van der Waals surface area (Å²) in [5, 5.41) is 14.7. The lowest BCUT2D eigenvalue weighted by molar-refractivity contribution is 0.580. The van der Waals surface area contributed by atoms with Crippen LogP contribution in [0.1, 0.15) is 9.75 Å². The van der Waals surface area contributed by atoms with Crippen molar-refractivity contribution in [3.05, 3.63) is 74.1 Å².